The number of aromatic nitrogens is 4. The molecule has 7 nitrogen and oxygen atoms in total. The largest absolute Gasteiger partial charge is 0.330 e. The molecule has 0 saturated carbocycles. The van der Waals surface area contributed by atoms with E-state index in [1.807, 2.05) is 24.3 Å². The molecule has 0 radical (unpaired) electrons. The van der Waals surface area contributed by atoms with E-state index in [9.17, 15) is 4.79 Å². The van der Waals surface area contributed by atoms with Crippen molar-refractivity contribution >= 4 is 24.0 Å². The molecule has 1 heterocycles. The van der Waals surface area contributed by atoms with E-state index in [0.717, 1.165) is 43.6 Å². The standard InChI is InChI=1S/C14H20N6O.ClH/c15-9-4-2-1-3-8-14(21)17-12-6-5-7-13(10-12)20-11-16-18-19-20;/h5-7,10-11H,1-4,8-9,15H2,(H,17,21);1H. The maximum absolute atomic E-state index is 11.9. The van der Waals surface area contributed by atoms with Crippen LogP contribution in [0.3, 0.4) is 0 Å². The van der Waals surface area contributed by atoms with Crippen LogP contribution in [0.4, 0.5) is 5.69 Å². The van der Waals surface area contributed by atoms with Gasteiger partial charge in [0.15, 0.2) is 0 Å². The minimum Gasteiger partial charge on any atom is -0.330 e. The third kappa shape index (κ3) is 5.79. The Hall–Kier alpha value is -1.99. The van der Waals surface area contributed by atoms with Crippen molar-refractivity contribution in [3.8, 4) is 5.69 Å². The van der Waals surface area contributed by atoms with Crippen LogP contribution in [0.2, 0.25) is 0 Å². The van der Waals surface area contributed by atoms with Gasteiger partial charge in [-0.3, -0.25) is 4.79 Å². The van der Waals surface area contributed by atoms with E-state index in [4.69, 9.17) is 5.73 Å². The van der Waals surface area contributed by atoms with Crippen molar-refractivity contribution in [3.05, 3.63) is 30.6 Å². The van der Waals surface area contributed by atoms with Crippen molar-refractivity contribution in [2.45, 2.75) is 32.1 Å². The van der Waals surface area contributed by atoms with Gasteiger partial charge in [0.05, 0.1) is 5.69 Å². The van der Waals surface area contributed by atoms with Crippen LogP contribution in [0.1, 0.15) is 32.1 Å². The quantitative estimate of drug-likeness (QED) is 0.723. The number of amides is 1. The van der Waals surface area contributed by atoms with Crippen molar-refractivity contribution in [3.63, 3.8) is 0 Å². The molecule has 0 saturated heterocycles. The Kier molecular flexibility index (Phi) is 8.09. The number of nitrogens with two attached hydrogens (primary N) is 1. The van der Waals surface area contributed by atoms with Gasteiger partial charge in [0.1, 0.15) is 6.33 Å². The molecule has 0 atom stereocenters. The zero-order valence-electron chi connectivity index (χ0n) is 12.3. The number of hydrogen-bond acceptors (Lipinski definition) is 5. The zero-order valence-corrected chi connectivity index (χ0v) is 13.1. The number of hydrogen-bond donors (Lipinski definition) is 2. The zero-order chi connectivity index (χ0) is 14.9. The van der Waals surface area contributed by atoms with Crippen LogP contribution >= 0.6 is 12.4 Å². The van der Waals surface area contributed by atoms with Gasteiger partial charge in [0.25, 0.3) is 0 Å². The summed E-state index contributed by atoms with van der Waals surface area (Å²) >= 11 is 0. The molecule has 0 spiro atoms. The molecule has 22 heavy (non-hydrogen) atoms. The number of tetrazole rings is 1. The second-order valence-corrected chi connectivity index (χ2v) is 4.81. The fourth-order valence-electron chi connectivity index (χ4n) is 2.01. The van der Waals surface area contributed by atoms with Gasteiger partial charge in [0.2, 0.25) is 5.91 Å². The van der Waals surface area contributed by atoms with E-state index >= 15 is 0 Å². The predicted molar refractivity (Wildman–Crippen MR) is 87.2 cm³/mol. The summed E-state index contributed by atoms with van der Waals surface area (Å²) in [6.45, 7) is 0.718. The Morgan fingerprint density at radius 2 is 2.05 bits per heavy atom. The molecule has 1 aromatic heterocycles. The lowest BCUT2D eigenvalue weighted by molar-refractivity contribution is -0.116. The SMILES string of the molecule is Cl.NCCCCCCC(=O)Nc1cccc(-n2cnnn2)c1. The first-order valence-corrected chi connectivity index (χ1v) is 7.13. The molecule has 0 fully saturated rings. The molecule has 2 rings (SSSR count). The van der Waals surface area contributed by atoms with Crippen molar-refractivity contribution in [2.75, 3.05) is 11.9 Å². The average Bonchev–Trinajstić information content (AvgIpc) is 3.01. The van der Waals surface area contributed by atoms with Crippen molar-refractivity contribution in [2.24, 2.45) is 5.73 Å². The Bertz CT molecular complexity index is 560. The molecule has 0 bridgehead atoms. The number of benzene rings is 1. The van der Waals surface area contributed by atoms with E-state index in [1.165, 1.54) is 6.33 Å². The predicted octanol–water partition coefficient (Wildman–Crippen LogP) is 1.93. The van der Waals surface area contributed by atoms with Crippen LogP contribution in [-0.2, 0) is 4.79 Å². The molecular weight excluding hydrogens is 304 g/mol. The van der Waals surface area contributed by atoms with Crippen molar-refractivity contribution in [1.82, 2.24) is 20.2 Å². The Morgan fingerprint density at radius 3 is 2.77 bits per heavy atom. The Balaban J connectivity index is 0.00000242. The number of rotatable bonds is 8. The molecule has 2 aromatic rings. The van der Waals surface area contributed by atoms with E-state index in [-0.39, 0.29) is 18.3 Å². The summed E-state index contributed by atoms with van der Waals surface area (Å²) in [5.41, 5.74) is 6.98. The number of carbonyl (C=O) groups is 1. The molecule has 0 aliphatic carbocycles. The van der Waals surface area contributed by atoms with Crippen LogP contribution < -0.4 is 11.1 Å². The lowest BCUT2D eigenvalue weighted by Gasteiger charge is -2.07. The monoisotopic (exact) mass is 324 g/mol. The fraction of sp³-hybridized carbons (Fsp3) is 0.429. The van der Waals surface area contributed by atoms with Crippen molar-refractivity contribution in [1.29, 1.82) is 0 Å². The second kappa shape index (κ2) is 9.86. The van der Waals surface area contributed by atoms with E-state index in [1.54, 1.807) is 4.68 Å². The topological polar surface area (TPSA) is 98.7 Å². The van der Waals surface area contributed by atoms with Gasteiger partial charge < -0.3 is 11.1 Å². The van der Waals surface area contributed by atoms with Gasteiger partial charge in [-0.05, 0) is 48.0 Å². The molecule has 120 valence electrons. The maximum Gasteiger partial charge on any atom is 0.224 e. The fourth-order valence-corrected chi connectivity index (χ4v) is 2.01. The lowest BCUT2D eigenvalue weighted by atomic mass is 10.1. The van der Waals surface area contributed by atoms with Crippen molar-refractivity contribution < 1.29 is 4.79 Å². The maximum atomic E-state index is 11.9. The van der Waals surface area contributed by atoms with Crippen LogP contribution in [0.15, 0.2) is 30.6 Å². The van der Waals surface area contributed by atoms with Gasteiger partial charge >= 0.3 is 0 Å². The molecule has 0 aliphatic heterocycles. The minimum atomic E-state index is 0. The highest BCUT2D eigenvalue weighted by atomic mass is 35.5. The number of unbranched alkanes of at least 4 members (excludes halogenated alkanes) is 3. The summed E-state index contributed by atoms with van der Waals surface area (Å²) in [5, 5.41) is 13.9. The third-order valence-corrected chi connectivity index (χ3v) is 3.10. The summed E-state index contributed by atoms with van der Waals surface area (Å²) < 4.78 is 1.54. The first-order valence-electron chi connectivity index (χ1n) is 7.13. The van der Waals surface area contributed by atoms with E-state index in [2.05, 4.69) is 20.8 Å². The Morgan fingerprint density at radius 1 is 1.23 bits per heavy atom. The van der Waals surface area contributed by atoms with Crippen LogP contribution in [0.5, 0.6) is 0 Å². The van der Waals surface area contributed by atoms with Gasteiger partial charge in [-0.25, -0.2) is 4.68 Å². The molecule has 0 aliphatic rings. The number of nitrogens with one attached hydrogen (secondary N) is 1. The number of carbonyl (C=O) groups excluding carboxylic acids is 1. The first-order chi connectivity index (χ1) is 10.3. The molecular formula is C14H21ClN6O. The highest BCUT2D eigenvalue weighted by Gasteiger charge is 2.04. The third-order valence-electron chi connectivity index (χ3n) is 3.10. The van der Waals surface area contributed by atoms with Gasteiger partial charge in [-0.1, -0.05) is 18.9 Å². The van der Waals surface area contributed by atoms with E-state index in [0.29, 0.717) is 6.42 Å². The summed E-state index contributed by atoms with van der Waals surface area (Å²) in [4.78, 5) is 11.9. The van der Waals surface area contributed by atoms with Crippen LogP contribution in [-0.4, -0.2) is 32.7 Å². The number of nitrogens with zero attached hydrogens (tertiary/aromatic N) is 4. The summed E-state index contributed by atoms with van der Waals surface area (Å²) in [7, 11) is 0. The highest BCUT2D eigenvalue weighted by Crippen LogP contribution is 2.14. The smallest absolute Gasteiger partial charge is 0.224 e. The second-order valence-electron chi connectivity index (χ2n) is 4.81. The Labute approximate surface area is 135 Å². The van der Waals surface area contributed by atoms with Gasteiger partial charge in [-0.2, -0.15) is 0 Å². The number of halogens is 1. The first kappa shape index (κ1) is 18.1. The molecule has 0 unspecified atom stereocenters. The minimum absolute atomic E-state index is 0. The van der Waals surface area contributed by atoms with Gasteiger partial charge in [-0.15, -0.1) is 17.5 Å². The molecule has 1 amide bonds. The van der Waals surface area contributed by atoms with Gasteiger partial charge in [0, 0.05) is 12.1 Å². The lowest BCUT2D eigenvalue weighted by Crippen LogP contribution is -2.11. The van der Waals surface area contributed by atoms with Crippen LogP contribution in [0.25, 0.3) is 5.69 Å². The normalized spacial score (nSPS) is 10.0. The summed E-state index contributed by atoms with van der Waals surface area (Å²) in [5.74, 6) is 0.0246. The van der Waals surface area contributed by atoms with Crippen LogP contribution in [0, 0.1) is 0 Å². The van der Waals surface area contributed by atoms with E-state index < -0.39 is 0 Å². The summed E-state index contributed by atoms with van der Waals surface area (Å²) in [6.07, 6.45) is 6.07. The molecule has 8 heteroatoms. The highest BCUT2D eigenvalue weighted by molar-refractivity contribution is 5.90. The molecule has 3 N–H and O–H groups in total. The average molecular weight is 325 g/mol. The number of anilines is 1. The summed E-state index contributed by atoms with van der Waals surface area (Å²) in [6, 6.07) is 7.41. The molecule has 1 aromatic carbocycles.